The molecular weight excluding hydrogens is 729 g/mol. The maximum absolute atomic E-state index is 6.30. The normalized spacial score (nSPS) is 13.0. The molecule has 282 valence electrons. The van der Waals surface area contributed by atoms with Gasteiger partial charge in [0.1, 0.15) is 11.2 Å². The Morgan fingerprint density at radius 1 is 0.367 bits per heavy atom. The van der Waals surface area contributed by atoms with Crippen molar-refractivity contribution in [3.8, 4) is 67.3 Å². The second-order valence-electron chi connectivity index (χ2n) is 16.5. The van der Waals surface area contributed by atoms with Crippen LogP contribution < -0.4 is 0 Å². The Morgan fingerprint density at radius 2 is 0.967 bits per heavy atom. The SMILES string of the molecule is CC1(C)c2ccc(-c3ccc(-c4ccc(-c5cc(-c6cccc7oc8ccccc8c67)nc(-c6ccccc6)n5)c5ccccc45)cc3)cc2-c2cc3ccccc3cc21. The van der Waals surface area contributed by atoms with E-state index in [1.807, 2.05) is 42.5 Å². The molecule has 0 saturated heterocycles. The van der Waals surface area contributed by atoms with Crippen LogP contribution in [0.15, 0.2) is 199 Å². The van der Waals surface area contributed by atoms with E-state index in [0.29, 0.717) is 5.82 Å². The molecule has 9 aromatic carbocycles. The van der Waals surface area contributed by atoms with Crippen LogP contribution in [0.25, 0.3) is 111 Å². The van der Waals surface area contributed by atoms with Gasteiger partial charge in [-0.25, -0.2) is 9.97 Å². The Hall–Kier alpha value is -7.62. The summed E-state index contributed by atoms with van der Waals surface area (Å²) in [5, 5.41) is 7.03. The predicted molar refractivity (Wildman–Crippen MR) is 249 cm³/mol. The van der Waals surface area contributed by atoms with Crippen LogP contribution in [0.4, 0.5) is 0 Å². The molecule has 0 spiro atoms. The van der Waals surface area contributed by atoms with Crippen molar-refractivity contribution in [2.45, 2.75) is 19.3 Å². The van der Waals surface area contributed by atoms with Gasteiger partial charge in [0.25, 0.3) is 0 Å². The number of para-hydroxylation sites is 1. The number of nitrogens with zero attached hydrogens (tertiary/aromatic N) is 2. The van der Waals surface area contributed by atoms with Crippen LogP contribution >= 0.6 is 0 Å². The second kappa shape index (κ2) is 13.2. The summed E-state index contributed by atoms with van der Waals surface area (Å²) in [7, 11) is 0. The zero-order valence-corrected chi connectivity index (χ0v) is 33.3. The Kier molecular flexibility index (Phi) is 7.58. The molecule has 1 aliphatic rings. The third kappa shape index (κ3) is 5.36. The molecule has 0 radical (unpaired) electrons. The number of benzene rings is 9. The molecule has 0 amide bonds. The van der Waals surface area contributed by atoms with E-state index in [2.05, 4.69) is 166 Å². The fraction of sp³-hybridized carbons (Fsp3) is 0.0526. The van der Waals surface area contributed by atoms with E-state index in [1.165, 1.54) is 60.7 Å². The van der Waals surface area contributed by atoms with Crippen molar-refractivity contribution in [2.75, 3.05) is 0 Å². The number of rotatable bonds is 5. The number of hydrogen-bond donors (Lipinski definition) is 0. The molecular formula is C57H38N2O. The Morgan fingerprint density at radius 3 is 1.77 bits per heavy atom. The zero-order chi connectivity index (χ0) is 40.0. The Bertz CT molecular complexity index is 3500. The molecule has 0 unspecified atom stereocenters. The quantitative estimate of drug-likeness (QED) is 0.175. The van der Waals surface area contributed by atoms with Crippen molar-refractivity contribution in [1.29, 1.82) is 0 Å². The topological polar surface area (TPSA) is 38.9 Å². The Labute approximate surface area is 348 Å². The molecule has 2 aromatic heterocycles. The lowest BCUT2D eigenvalue weighted by molar-refractivity contribution is 0.661. The van der Waals surface area contributed by atoms with Crippen LogP contribution in [0, 0.1) is 0 Å². The van der Waals surface area contributed by atoms with E-state index in [4.69, 9.17) is 14.4 Å². The van der Waals surface area contributed by atoms with Crippen LogP contribution in [0.5, 0.6) is 0 Å². The molecule has 2 heterocycles. The summed E-state index contributed by atoms with van der Waals surface area (Å²) in [6.07, 6.45) is 0. The lowest BCUT2D eigenvalue weighted by atomic mass is 9.81. The summed E-state index contributed by atoms with van der Waals surface area (Å²) in [5.41, 5.74) is 16.7. The maximum Gasteiger partial charge on any atom is 0.160 e. The first kappa shape index (κ1) is 34.4. The summed E-state index contributed by atoms with van der Waals surface area (Å²) in [4.78, 5) is 10.5. The van der Waals surface area contributed by atoms with Gasteiger partial charge >= 0.3 is 0 Å². The summed E-state index contributed by atoms with van der Waals surface area (Å²) in [6, 6.07) is 69.6. The van der Waals surface area contributed by atoms with E-state index in [-0.39, 0.29) is 5.41 Å². The summed E-state index contributed by atoms with van der Waals surface area (Å²) < 4.78 is 6.30. The zero-order valence-electron chi connectivity index (χ0n) is 33.3. The summed E-state index contributed by atoms with van der Waals surface area (Å²) in [5.74, 6) is 0.684. The molecule has 60 heavy (non-hydrogen) atoms. The van der Waals surface area contributed by atoms with Gasteiger partial charge in [0.05, 0.1) is 11.4 Å². The van der Waals surface area contributed by atoms with Gasteiger partial charge < -0.3 is 4.42 Å². The number of fused-ring (bicyclic) bond motifs is 8. The van der Waals surface area contributed by atoms with Crippen molar-refractivity contribution in [2.24, 2.45) is 0 Å². The lowest BCUT2D eigenvalue weighted by Crippen LogP contribution is -2.14. The van der Waals surface area contributed by atoms with Gasteiger partial charge in [-0.15, -0.1) is 0 Å². The van der Waals surface area contributed by atoms with Gasteiger partial charge in [0.2, 0.25) is 0 Å². The maximum atomic E-state index is 6.30. The molecule has 0 aliphatic heterocycles. The van der Waals surface area contributed by atoms with Gasteiger partial charge in [-0.1, -0.05) is 172 Å². The fourth-order valence-electron chi connectivity index (χ4n) is 9.66. The molecule has 0 atom stereocenters. The molecule has 0 bridgehead atoms. The monoisotopic (exact) mass is 766 g/mol. The second-order valence-corrected chi connectivity index (χ2v) is 16.5. The minimum Gasteiger partial charge on any atom is -0.456 e. The van der Waals surface area contributed by atoms with Crippen LogP contribution in [0.3, 0.4) is 0 Å². The van der Waals surface area contributed by atoms with Crippen molar-refractivity contribution in [1.82, 2.24) is 9.97 Å². The van der Waals surface area contributed by atoms with Gasteiger partial charge in [0, 0.05) is 32.9 Å². The smallest absolute Gasteiger partial charge is 0.160 e. The highest BCUT2D eigenvalue weighted by molar-refractivity contribution is 6.12. The third-order valence-corrected chi connectivity index (χ3v) is 12.7. The Balaban J connectivity index is 0.953. The average Bonchev–Trinajstić information content (AvgIpc) is 3.79. The highest BCUT2D eigenvalue weighted by atomic mass is 16.3. The average molecular weight is 767 g/mol. The minimum absolute atomic E-state index is 0.0521. The molecule has 11 aromatic rings. The van der Waals surface area contributed by atoms with Crippen LogP contribution in [-0.4, -0.2) is 9.97 Å². The van der Waals surface area contributed by atoms with E-state index < -0.39 is 0 Å². The van der Waals surface area contributed by atoms with Crippen molar-refractivity contribution in [3.63, 3.8) is 0 Å². The van der Waals surface area contributed by atoms with Gasteiger partial charge in [-0.2, -0.15) is 0 Å². The van der Waals surface area contributed by atoms with Gasteiger partial charge in [-0.3, -0.25) is 0 Å². The van der Waals surface area contributed by atoms with Crippen molar-refractivity contribution < 1.29 is 4.42 Å². The largest absolute Gasteiger partial charge is 0.456 e. The lowest BCUT2D eigenvalue weighted by Gasteiger charge is -2.22. The predicted octanol–water partition coefficient (Wildman–Crippen LogP) is 15.3. The minimum atomic E-state index is -0.0521. The van der Waals surface area contributed by atoms with E-state index in [9.17, 15) is 0 Å². The number of furan rings is 1. The first-order valence-corrected chi connectivity index (χ1v) is 20.6. The van der Waals surface area contributed by atoms with Crippen molar-refractivity contribution in [3.05, 3.63) is 205 Å². The number of hydrogen-bond acceptors (Lipinski definition) is 3. The molecule has 0 N–H and O–H groups in total. The first-order chi connectivity index (χ1) is 29.5. The third-order valence-electron chi connectivity index (χ3n) is 12.7. The molecule has 1 aliphatic carbocycles. The number of aromatic nitrogens is 2. The first-order valence-electron chi connectivity index (χ1n) is 20.6. The molecule has 12 rings (SSSR count). The molecule has 0 saturated carbocycles. The fourth-order valence-corrected chi connectivity index (χ4v) is 9.66. The summed E-state index contributed by atoms with van der Waals surface area (Å²) >= 11 is 0. The highest BCUT2D eigenvalue weighted by Gasteiger charge is 2.35. The van der Waals surface area contributed by atoms with E-state index >= 15 is 0 Å². The van der Waals surface area contributed by atoms with E-state index in [0.717, 1.165) is 55.4 Å². The van der Waals surface area contributed by atoms with Crippen LogP contribution in [0.1, 0.15) is 25.0 Å². The summed E-state index contributed by atoms with van der Waals surface area (Å²) in [6.45, 7) is 4.71. The van der Waals surface area contributed by atoms with E-state index in [1.54, 1.807) is 0 Å². The van der Waals surface area contributed by atoms with Gasteiger partial charge in [0.15, 0.2) is 5.82 Å². The van der Waals surface area contributed by atoms with Crippen LogP contribution in [0.2, 0.25) is 0 Å². The standard InChI is InChI=1S/C57H38N2O/c1-57(2)49-30-27-40(32-47(49)48-31-38-15-6-7-16-39(38)33-50(48)57)35-23-25-36(26-24-35)41-28-29-44(43-18-9-8-17-42(41)43)51-34-52(59-56(58-51)37-13-4-3-5-14-37)45-20-12-22-54-55(45)46-19-10-11-21-53(46)60-54/h3-34H,1-2H3. The molecule has 3 nitrogen and oxygen atoms in total. The highest BCUT2D eigenvalue weighted by Crippen LogP contribution is 2.51. The van der Waals surface area contributed by atoms with Crippen molar-refractivity contribution >= 4 is 43.5 Å². The molecule has 3 heteroatoms. The molecule has 0 fully saturated rings. The van der Waals surface area contributed by atoms with Gasteiger partial charge in [-0.05, 0) is 102 Å². The van der Waals surface area contributed by atoms with Crippen LogP contribution in [-0.2, 0) is 5.41 Å².